The van der Waals surface area contributed by atoms with Gasteiger partial charge in [0.15, 0.2) is 0 Å². The van der Waals surface area contributed by atoms with Crippen LogP contribution in [0.3, 0.4) is 0 Å². The predicted molar refractivity (Wildman–Crippen MR) is 68.0 cm³/mol. The van der Waals surface area contributed by atoms with Gasteiger partial charge in [0, 0.05) is 0 Å². The minimum absolute atomic E-state index is 0. The van der Waals surface area contributed by atoms with Crippen LogP contribution in [0.15, 0.2) is 0 Å². The lowest BCUT2D eigenvalue weighted by Crippen LogP contribution is -3.10. The summed E-state index contributed by atoms with van der Waals surface area (Å²) in [5, 5.41) is 0. The first-order chi connectivity index (χ1) is 7.43. The molecule has 4 nitrogen and oxygen atoms in total. The highest BCUT2D eigenvalue weighted by Crippen LogP contribution is 1.96. The molecule has 2 N–H and O–H groups in total. The van der Waals surface area contributed by atoms with Crippen LogP contribution < -0.4 is 34.6 Å². The summed E-state index contributed by atoms with van der Waals surface area (Å²) in [6.45, 7) is 4.59. The lowest BCUT2D eigenvalue weighted by atomic mass is 10.6. The first-order valence-electron chi connectivity index (χ1n) is 5.76. The zero-order valence-electron chi connectivity index (χ0n) is 11.4. The molecule has 0 aromatic carbocycles. The lowest BCUT2D eigenvalue weighted by Gasteiger charge is -2.12. The minimum atomic E-state index is 0. The molecule has 2 fully saturated rings. The van der Waals surface area contributed by atoms with E-state index in [9.17, 15) is 0 Å². The van der Waals surface area contributed by atoms with Crippen LogP contribution in [0, 0.1) is 0 Å². The average molecular weight is 342 g/mol. The average Bonchev–Trinajstić information content (AvgIpc) is 2.70. The van der Waals surface area contributed by atoms with E-state index in [1.807, 2.05) is 14.1 Å². The maximum atomic E-state index is 5.90. The molecule has 0 aromatic rings. The molecule has 0 bridgehead atoms. The van der Waals surface area contributed by atoms with E-state index >= 15 is 0 Å². The number of hydrogen-bond acceptors (Lipinski definition) is 2. The number of nitrogens with one attached hydrogen (secondary N) is 2. The second-order valence-corrected chi connectivity index (χ2v) is 5.65. The molecular weight excluding hydrogens is 318 g/mol. The number of halogens is 4. The van der Waals surface area contributed by atoms with Gasteiger partial charge >= 0.3 is 0 Å². The molecule has 0 radical (unpaired) electrons. The van der Waals surface area contributed by atoms with Crippen LogP contribution >= 0.6 is 23.2 Å². The Morgan fingerprint density at radius 1 is 0.833 bits per heavy atom. The number of quaternary nitrogens is 2. The Morgan fingerprint density at radius 2 is 1.11 bits per heavy atom. The molecule has 0 aromatic heterocycles. The minimum Gasteiger partial charge on any atom is -1.00 e. The van der Waals surface area contributed by atoms with Gasteiger partial charge in [-0.05, 0) is 37.3 Å². The molecule has 0 aliphatic carbocycles. The first kappa shape index (κ1) is 21.3. The summed E-state index contributed by atoms with van der Waals surface area (Å²) in [6.07, 6.45) is 0. The highest BCUT2D eigenvalue weighted by molar-refractivity contribution is 6.19. The topological polar surface area (TPSA) is 15.4 Å². The molecule has 2 aliphatic rings. The maximum absolute atomic E-state index is 5.90. The molecule has 2 saturated heterocycles. The van der Waals surface area contributed by atoms with Gasteiger partial charge in [-0.2, -0.15) is 0 Å². The van der Waals surface area contributed by atoms with Crippen LogP contribution in [-0.4, -0.2) is 75.4 Å². The maximum Gasteiger partial charge on any atom is 0.221 e. The van der Waals surface area contributed by atoms with Crippen molar-refractivity contribution in [3.05, 3.63) is 0 Å². The number of hydrogen-bond donors (Lipinski definition) is 2. The Kier molecular flexibility index (Phi) is 11.6. The van der Waals surface area contributed by atoms with Crippen LogP contribution in [0.25, 0.3) is 0 Å². The predicted octanol–water partition coefficient (Wildman–Crippen LogP) is -8.05. The van der Waals surface area contributed by atoms with Crippen molar-refractivity contribution in [1.82, 2.24) is 9.80 Å². The van der Waals surface area contributed by atoms with Crippen LogP contribution in [0.4, 0.5) is 0 Å². The molecular formula is C10H24Cl4N4. The second-order valence-electron chi connectivity index (χ2n) is 4.83. The van der Waals surface area contributed by atoms with Crippen LogP contribution in [0.1, 0.15) is 0 Å². The third-order valence-corrected chi connectivity index (χ3v) is 4.72. The molecule has 2 heterocycles. The van der Waals surface area contributed by atoms with Crippen molar-refractivity contribution in [3.63, 3.8) is 0 Å². The monoisotopic (exact) mass is 340 g/mol. The van der Waals surface area contributed by atoms with Gasteiger partial charge in [0.05, 0.1) is 40.3 Å². The molecule has 2 rings (SSSR count). The van der Waals surface area contributed by atoms with E-state index < -0.39 is 0 Å². The van der Waals surface area contributed by atoms with Crippen LogP contribution in [-0.2, 0) is 0 Å². The molecule has 18 heavy (non-hydrogen) atoms. The SMILES string of the molecule is CN1CC[NH+](C)C1Cl.CN1CC[NH+](C)C1Cl.[Cl-].[Cl-]. The number of alkyl halides is 2. The molecule has 0 saturated carbocycles. The summed E-state index contributed by atoms with van der Waals surface area (Å²) < 4.78 is 0. The number of nitrogens with zero attached hydrogens (tertiary/aromatic N) is 2. The van der Waals surface area contributed by atoms with Gasteiger partial charge in [0.1, 0.15) is 0 Å². The quantitative estimate of drug-likeness (QED) is 0.336. The fraction of sp³-hybridized carbons (Fsp3) is 1.00. The van der Waals surface area contributed by atoms with Crippen molar-refractivity contribution in [2.24, 2.45) is 0 Å². The van der Waals surface area contributed by atoms with Crippen LogP contribution in [0.5, 0.6) is 0 Å². The Hall–Kier alpha value is 1.00. The highest BCUT2D eigenvalue weighted by Gasteiger charge is 2.27. The van der Waals surface area contributed by atoms with E-state index in [0.29, 0.717) is 0 Å². The fourth-order valence-corrected chi connectivity index (χ4v) is 2.34. The summed E-state index contributed by atoms with van der Waals surface area (Å²) >= 11 is 11.8. The number of likely N-dealkylation sites (N-methyl/N-ethyl adjacent to an activating group) is 4. The Labute approximate surface area is 133 Å². The lowest BCUT2D eigenvalue weighted by molar-refractivity contribution is -0.883. The molecule has 2 aliphatic heterocycles. The molecule has 0 spiro atoms. The largest absolute Gasteiger partial charge is 1.00 e. The van der Waals surface area contributed by atoms with Gasteiger partial charge in [0.25, 0.3) is 0 Å². The van der Waals surface area contributed by atoms with E-state index in [2.05, 4.69) is 23.9 Å². The molecule has 4 unspecified atom stereocenters. The third kappa shape index (κ3) is 5.97. The second kappa shape index (κ2) is 9.83. The Morgan fingerprint density at radius 3 is 1.17 bits per heavy atom. The van der Waals surface area contributed by atoms with Gasteiger partial charge < -0.3 is 34.6 Å². The fourth-order valence-electron chi connectivity index (χ4n) is 1.92. The summed E-state index contributed by atoms with van der Waals surface area (Å²) in [6, 6.07) is 0. The summed E-state index contributed by atoms with van der Waals surface area (Å²) in [7, 11) is 8.32. The van der Waals surface area contributed by atoms with Gasteiger partial charge in [-0.3, -0.25) is 0 Å². The zero-order valence-corrected chi connectivity index (χ0v) is 14.4. The standard InChI is InChI=1S/2C5H11ClN2.2ClH/c2*1-7-3-4-8(2)5(7)6;;/h2*5H,3-4H2,1-2H3;2*1H. The molecule has 112 valence electrons. The van der Waals surface area contributed by atoms with Gasteiger partial charge in [-0.1, -0.05) is 0 Å². The third-order valence-electron chi connectivity index (χ3n) is 3.30. The molecule has 8 heteroatoms. The van der Waals surface area contributed by atoms with E-state index in [1.54, 1.807) is 0 Å². The van der Waals surface area contributed by atoms with E-state index in [1.165, 1.54) is 22.9 Å². The normalized spacial score (nSPS) is 36.3. The summed E-state index contributed by atoms with van der Waals surface area (Å²) in [5.41, 5.74) is 0.407. The van der Waals surface area contributed by atoms with Crippen molar-refractivity contribution in [1.29, 1.82) is 0 Å². The Balaban J connectivity index is 0. The summed E-state index contributed by atoms with van der Waals surface area (Å²) in [5.74, 6) is 0. The van der Waals surface area contributed by atoms with Crippen molar-refractivity contribution in [2.45, 2.75) is 11.2 Å². The van der Waals surface area contributed by atoms with Crippen LogP contribution in [0.2, 0.25) is 0 Å². The van der Waals surface area contributed by atoms with Crippen molar-refractivity contribution < 1.29 is 34.6 Å². The van der Waals surface area contributed by atoms with Crippen molar-refractivity contribution in [2.75, 3.05) is 54.4 Å². The van der Waals surface area contributed by atoms with Gasteiger partial charge in [0.2, 0.25) is 11.2 Å². The smallest absolute Gasteiger partial charge is 0.221 e. The highest BCUT2D eigenvalue weighted by atomic mass is 35.5. The summed E-state index contributed by atoms with van der Waals surface area (Å²) in [4.78, 5) is 7.09. The van der Waals surface area contributed by atoms with E-state index in [4.69, 9.17) is 23.2 Å². The van der Waals surface area contributed by atoms with Gasteiger partial charge in [-0.15, -0.1) is 0 Å². The van der Waals surface area contributed by atoms with E-state index in [0.717, 1.165) is 13.1 Å². The van der Waals surface area contributed by atoms with Crippen molar-refractivity contribution in [3.8, 4) is 0 Å². The Bertz CT molecular complexity index is 180. The van der Waals surface area contributed by atoms with E-state index in [-0.39, 0.29) is 36.1 Å². The molecule has 0 amide bonds. The zero-order chi connectivity index (χ0) is 12.3. The first-order valence-corrected chi connectivity index (χ1v) is 6.64. The molecule has 4 atom stereocenters. The number of rotatable bonds is 0. The van der Waals surface area contributed by atoms with Crippen molar-refractivity contribution >= 4 is 23.2 Å². The van der Waals surface area contributed by atoms with Gasteiger partial charge in [-0.25, -0.2) is 9.80 Å².